The minimum Gasteiger partial charge on any atom is -1.00 e. The van der Waals surface area contributed by atoms with Crippen LogP contribution in [0.5, 0.6) is 0 Å². The molecule has 0 amide bonds. The molecule has 6 nitrogen and oxygen atoms in total. The summed E-state index contributed by atoms with van der Waals surface area (Å²) >= 11 is 2.24. The maximum absolute atomic E-state index is 4.43. The number of rotatable bonds is 3. The monoisotopic (exact) mass is 726 g/mol. The van der Waals surface area contributed by atoms with Crippen molar-refractivity contribution in [2.24, 2.45) is 0 Å². The van der Waals surface area contributed by atoms with Crippen molar-refractivity contribution in [1.29, 1.82) is 0 Å². The molecule has 0 fully saturated rings. The first-order chi connectivity index (χ1) is 10.8. The van der Waals surface area contributed by atoms with Gasteiger partial charge >= 0.3 is 147 Å². The predicted octanol–water partition coefficient (Wildman–Crippen LogP) is -6.44. The van der Waals surface area contributed by atoms with E-state index in [1.165, 1.54) is 16.7 Å². The van der Waals surface area contributed by atoms with Crippen LogP contribution < -0.4 is 71.9 Å². The third-order valence-electron chi connectivity index (χ3n) is 4.51. The van der Waals surface area contributed by atoms with E-state index in [-0.39, 0.29) is 75.6 Å². The van der Waals surface area contributed by atoms with E-state index in [1.807, 2.05) is 20.8 Å². The number of nitrogens with one attached hydrogen (secondary N) is 3. The first-order valence-electron chi connectivity index (χ1n) is 7.59. The number of aromatic nitrogens is 6. The predicted molar refractivity (Wildman–Crippen MR) is 84.1 cm³/mol. The fraction of sp³-hybridized carbons (Fsp3) is 0.438. The van der Waals surface area contributed by atoms with Gasteiger partial charge in [-0.25, -0.2) is 0 Å². The number of hydrogen-bond acceptors (Lipinski definition) is 3. The Morgan fingerprint density at radius 3 is 0.962 bits per heavy atom. The molecule has 0 saturated carbocycles. The normalized spacial score (nSPS) is 10.8. The van der Waals surface area contributed by atoms with E-state index in [0.717, 1.165) is 34.2 Å². The third kappa shape index (κ3) is 4.11. The van der Waals surface area contributed by atoms with Crippen molar-refractivity contribution < 1.29 is 92.4 Å². The van der Waals surface area contributed by atoms with Crippen molar-refractivity contribution in [3.63, 3.8) is 0 Å². The van der Waals surface area contributed by atoms with E-state index in [2.05, 4.69) is 71.8 Å². The quantitative estimate of drug-likeness (QED) is 0.186. The fourth-order valence-corrected chi connectivity index (χ4v) is 5.41. The minimum absolute atomic E-state index is 0. The van der Waals surface area contributed by atoms with Crippen LogP contribution in [0.15, 0.2) is 0 Å². The van der Waals surface area contributed by atoms with Gasteiger partial charge in [0.05, 0.1) is 0 Å². The van der Waals surface area contributed by atoms with Crippen LogP contribution in [0.2, 0.25) is 0 Å². The molecule has 0 atom stereocenters. The zero-order valence-electron chi connectivity index (χ0n) is 15.5. The smallest absolute Gasteiger partial charge is 1.00 e. The summed E-state index contributed by atoms with van der Waals surface area (Å²) in [6.45, 7) is 12.4. The first-order valence-corrected chi connectivity index (χ1v) is 8.37. The van der Waals surface area contributed by atoms with Gasteiger partial charge in [0.1, 0.15) is 0 Å². The molecule has 0 bridgehead atoms. The molecule has 3 heterocycles. The zero-order chi connectivity index (χ0) is 16.9. The van der Waals surface area contributed by atoms with E-state index in [0.29, 0.717) is 0 Å². The zero-order valence-corrected chi connectivity index (χ0v) is 23.5. The van der Waals surface area contributed by atoms with E-state index < -0.39 is 0 Å². The molecule has 3 N–H and O–H groups in total. The second-order valence-corrected chi connectivity index (χ2v) is 7.35. The number of hydrogen-bond donors (Lipinski definition) is 3. The van der Waals surface area contributed by atoms with Crippen LogP contribution >= 0.6 is 0 Å². The molecule has 0 aliphatic rings. The van der Waals surface area contributed by atoms with Crippen molar-refractivity contribution in [3.05, 3.63) is 50.9 Å². The van der Waals surface area contributed by atoms with Crippen molar-refractivity contribution in [2.45, 2.75) is 45.3 Å². The van der Waals surface area contributed by atoms with E-state index in [4.69, 9.17) is 0 Å². The van der Waals surface area contributed by atoms with Crippen molar-refractivity contribution in [2.75, 3.05) is 0 Å². The van der Waals surface area contributed by atoms with Gasteiger partial charge in [0, 0.05) is 0 Å². The molecule has 3 aromatic heterocycles. The maximum atomic E-state index is 4.43. The Morgan fingerprint density at radius 1 is 0.577 bits per heavy atom. The van der Waals surface area contributed by atoms with Gasteiger partial charge in [-0.15, -0.1) is 0 Å². The Kier molecular flexibility index (Phi) is 10.0. The molecule has 0 spiro atoms. The van der Waals surface area contributed by atoms with Gasteiger partial charge in [0.25, 0.3) is 0 Å². The molecule has 0 aliphatic carbocycles. The summed E-state index contributed by atoms with van der Waals surface area (Å²) in [6, 6.07) is 0. The summed E-state index contributed by atoms with van der Waals surface area (Å²) in [5, 5.41) is 22.7. The van der Waals surface area contributed by atoms with Crippen LogP contribution in [0.1, 0.15) is 50.9 Å². The third-order valence-corrected chi connectivity index (χ3v) is 5.68. The van der Waals surface area contributed by atoms with Crippen LogP contribution in [0.25, 0.3) is 0 Å². The Balaban J connectivity index is 0.00000208. The number of aromatic amines is 3. The van der Waals surface area contributed by atoms with Gasteiger partial charge in [-0.1, -0.05) is 0 Å². The molecule has 0 aromatic carbocycles. The molecule has 0 radical (unpaired) electrons. The molecule has 26 heavy (non-hydrogen) atoms. The van der Waals surface area contributed by atoms with Crippen molar-refractivity contribution >= 4 is 0 Å². The van der Waals surface area contributed by atoms with E-state index >= 15 is 0 Å². The standard InChI is InChI=1S/C16H21N6.3HI.Ti/c1-7-13(8(2)18-17-7)16(14-9(3)19-20-10(14)4)15-11(5)21-22-12(15)6;;;;/h1-6H3,(H,17,18)(H,19,20)(H,21,22);3*1H;/q;;;;+3/p-3. The van der Waals surface area contributed by atoms with Gasteiger partial charge in [-0.3, -0.25) is 0 Å². The minimum atomic E-state index is -0.372. The Hall–Kier alpha value is 0.534. The second kappa shape index (κ2) is 9.83. The summed E-state index contributed by atoms with van der Waals surface area (Å²) in [7, 11) is 0. The van der Waals surface area contributed by atoms with E-state index in [9.17, 15) is 0 Å². The van der Waals surface area contributed by atoms with Crippen LogP contribution in [0.4, 0.5) is 0 Å². The summed E-state index contributed by atoms with van der Waals surface area (Å²) < 4.78 is -0.372. The van der Waals surface area contributed by atoms with Crippen LogP contribution in [-0.2, 0) is 24.2 Å². The molecular formula is C16H21I3N6Ti. The van der Waals surface area contributed by atoms with Crippen LogP contribution in [0, 0.1) is 41.5 Å². The van der Waals surface area contributed by atoms with Crippen LogP contribution in [-0.4, -0.2) is 30.6 Å². The maximum Gasteiger partial charge on any atom is -1.00 e. The largest absolute Gasteiger partial charge is 1.00 e. The van der Waals surface area contributed by atoms with Crippen molar-refractivity contribution in [1.82, 2.24) is 30.6 Å². The average Bonchev–Trinajstić information content (AvgIpc) is 3.10. The van der Waals surface area contributed by atoms with Gasteiger partial charge < -0.3 is 71.9 Å². The molecule has 0 unspecified atom stereocenters. The molecule has 3 aromatic rings. The fourth-order valence-electron chi connectivity index (χ4n) is 3.69. The molecule has 140 valence electrons. The number of halogens is 3. The summed E-state index contributed by atoms with van der Waals surface area (Å²) in [5.74, 6) is 0. The topological polar surface area (TPSA) is 86.0 Å². The first kappa shape index (κ1) is 26.5. The van der Waals surface area contributed by atoms with Crippen LogP contribution in [0.3, 0.4) is 0 Å². The van der Waals surface area contributed by atoms with E-state index in [1.54, 1.807) is 0 Å². The number of H-pyrrole nitrogens is 3. The average molecular weight is 726 g/mol. The number of nitrogens with zero attached hydrogens (tertiary/aromatic N) is 3. The summed E-state index contributed by atoms with van der Waals surface area (Å²) in [4.78, 5) is 0. The van der Waals surface area contributed by atoms with Gasteiger partial charge in [0.2, 0.25) is 0 Å². The summed E-state index contributed by atoms with van der Waals surface area (Å²) in [5.41, 5.74) is 9.81. The van der Waals surface area contributed by atoms with Crippen molar-refractivity contribution in [3.8, 4) is 0 Å². The summed E-state index contributed by atoms with van der Waals surface area (Å²) in [6.07, 6.45) is 0. The molecule has 0 saturated heterocycles. The SMILES string of the molecule is Cc1n[nH]c(C)c1[C]([Ti+3])(c1c(C)n[nH]c1C)c1c(C)n[nH]c1C.[I-].[I-].[I-]. The van der Waals surface area contributed by atoms with Gasteiger partial charge in [0.15, 0.2) is 0 Å². The molecular weight excluding hydrogens is 705 g/mol. The molecule has 10 heteroatoms. The molecule has 3 rings (SSSR count). The van der Waals surface area contributed by atoms with Gasteiger partial charge in [-0.2, -0.15) is 0 Å². The molecule has 0 aliphatic heterocycles. The second-order valence-electron chi connectivity index (χ2n) is 6.18. The Bertz CT molecular complexity index is 712. The Morgan fingerprint density at radius 2 is 0.808 bits per heavy atom. The number of aryl methyl sites for hydroxylation is 6. The Labute approximate surface area is 216 Å². The van der Waals surface area contributed by atoms with Gasteiger partial charge in [-0.05, 0) is 0 Å².